The van der Waals surface area contributed by atoms with E-state index < -0.39 is 0 Å². The predicted octanol–water partition coefficient (Wildman–Crippen LogP) is 4.46. The lowest BCUT2D eigenvalue weighted by atomic mass is 9.96. The van der Waals surface area contributed by atoms with Gasteiger partial charge in [0.1, 0.15) is 5.75 Å². The van der Waals surface area contributed by atoms with Crippen LogP contribution in [0.4, 0.5) is 0 Å². The molecule has 0 aliphatic carbocycles. The molecule has 4 rings (SSSR count). The number of rotatable bonds is 3. The first-order chi connectivity index (χ1) is 13.5. The average molecular weight is 372 g/mol. The van der Waals surface area contributed by atoms with Gasteiger partial charge in [-0.2, -0.15) is 5.10 Å². The number of carbonyl (C=O) groups excluding carboxylic acids is 2. The Hall–Kier alpha value is -3.47. The molecule has 0 aromatic heterocycles. The van der Waals surface area contributed by atoms with Crippen LogP contribution in [0.3, 0.4) is 0 Å². The van der Waals surface area contributed by atoms with E-state index in [1.807, 2.05) is 66.7 Å². The Morgan fingerprint density at radius 1 is 0.964 bits per heavy atom. The molecule has 0 fully saturated rings. The highest BCUT2D eigenvalue weighted by atomic mass is 16.5. The molecule has 1 heterocycles. The summed E-state index contributed by atoms with van der Waals surface area (Å²) in [6.45, 7) is 2.90. The van der Waals surface area contributed by atoms with Crippen molar-refractivity contribution >= 4 is 28.4 Å². The topological polar surface area (TPSA) is 59.0 Å². The fourth-order valence-electron chi connectivity index (χ4n) is 3.62. The van der Waals surface area contributed by atoms with Gasteiger partial charge in [0.2, 0.25) is 5.91 Å². The molecule has 140 valence electrons. The largest absolute Gasteiger partial charge is 0.425 e. The van der Waals surface area contributed by atoms with Crippen molar-refractivity contribution < 1.29 is 14.3 Å². The molecule has 3 aromatic carbocycles. The van der Waals surface area contributed by atoms with E-state index in [2.05, 4.69) is 5.10 Å². The summed E-state index contributed by atoms with van der Waals surface area (Å²) in [5.74, 6) is -0.0283. The van der Waals surface area contributed by atoms with E-state index >= 15 is 0 Å². The molecule has 5 nitrogen and oxygen atoms in total. The highest BCUT2D eigenvalue weighted by Gasteiger charge is 2.32. The lowest BCUT2D eigenvalue weighted by Gasteiger charge is -2.20. The normalized spacial score (nSPS) is 16.1. The minimum atomic E-state index is -0.390. The molecule has 5 heteroatoms. The molecule has 28 heavy (non-hydrogen) atoms. The van der Waals surface area contributed by atoms with Crippen molar-refractivity contribution in [3.8, 4) is 5.75 Å². The van der Waals surface area contributed by atoms with Crippen LogP contribution < -0.4 is 4.74 Å². The van der Waals surface area contributed by atoms with E-state index in [-0.39, 0.29) is 17.9 Å². The van der Waals surface area contributed by atoms with Crippen LogP contribution in [0, 0.1) is 0 Å². The van der Waals surface area contributed by atoms with Gasteiger partial charge in [0, 0.05) is 31.2 Å². The van der Waals surface area contributed by atoms with E-state index in [4.69, 9.17) is 4.74 Å². The summed E-state index contributed by atoms with van der Waals surface area (Å²) in [6.07, 6.45) is 0.552. The Morgan fingerprint density at radius 2 is 1.68 bits per heavy atom. The molecule has 1 unspecified atom stereocenters. The molecule has 0 saturated heterocycles. The first kappa shape index (κ1) is 17.9. The highest BCUT2D eigenvalue weighted by molar-refractivity contribution is 6.09. The molecular weight excluding hydrogens is 352 g/mol. The van der Waals surface area contributed by atoms with Crippen LogP contribution in [0.1, 0.15) is 37.4 Å². The molecular formula is C23H20N2O3. The van der Waals surface area contributed by atoms with Crippen LogP contribution in [-0.4, -0.2) is 22.6 Å². The van der Waals surface area contributed by atoms with Crippen molar-refractivity contribution in [2.45, 2.75) is 26.3 Å². The number of benzene rings is 3. The maximum Gasteiger partial charge on any atom is 0.308 e. The molecule has 1 aliphatic heterocycles. The van der Waals surface area contributed by atoms with Crippen LogP contribution >= 0.6 is 0 Å². The Morgan fingerprint density at radius 3 is 2.39 bits per heavy atom. The van der Waals surface area contributed by atoms with Crippen molar-refractivity contribution in [1.29, 1.82) is 0 Å². The fourth-order valence-corrected chi connectivity index (χ4v) is 3.62. The molecule has 1 aliphatic rings. The third-order valence-corrected chi connectivity index (χ3v) is 4.85. The maximum atomic E-state index is 12.2. The number of esters is 1. The van der Waals surface area contributed by atoms with Gasteiger partial charge in [-0.05, 0) is 17.0 Å². The lowest BCUT2D eigenvalue weighted by Crippen LogP contribution is -2.24. The first-order valence-electron chi connectivity index (χ1n) is 9.17. The summed E-state index contributed by atoms with van der Waals surface area (Å²) >= 11 is 0. The van der Waals surface area contributed by atoms with Crippen molar-refractivity contribution in [2.24, 2.45) is 5.10 Å². The molecule has 0 saturated carbocycles. The number of carbonyl (C=O) groups is 2. The lowest BCUT2D eigenvalue weighted by molar-refractivity contribution is -0.132. The summed E-state index contributed by atoms with van der Waals surface area (Å²) in [5, 5.41) is 7.93. The number of hydrogen-bond acceptors (Lipinski definition) is 4. The minimum absolute atomic E-state index is 0.126. The monoisotopic (exact) mass is 372 g/mol. The van der Waals surface area contributed by atoms with Gasteiger partial charge in [-0.3, -0.25) is 9.59 Å². The SMILES string of the molecule is CC(=O)Oc1c(C2=NN(C(C)=O)C(c3ccccc3)C2)ccc2ccccc12. The van der Waals surface area contributed by atoms with Crippen LogP contribution in [0.2, 0.25) is 0 Å². The molecule has 0 bridgehead atoms. The zero-order chi connectivity index (χ0) is 19.7. The number of nitrogens with zero attached hydrogens (tertiary/aromatic N) is 2. The summed E-state index contributed by atoms with van der Waals surface area (Å²) in [4.78, 5) is 24.0. The summed E-state index contributed by atoms with van der Waals surface area (Å²) in [7, 11) is 0. The van der Waals surface area contributed by atoms with Gasteiger partial charge in [-0.15, -0.1) is 0 Å². The standard InChI is InChI=1S/C23H20N2O3/c1-15(26)25-22(18-9-4-3-5-10-18)14-21(24-25)20-13-12-17-8-6-7-11-19(17)23(20)28-16(2)27/h3-13,22H,14H2,1-2H3. The number of ether oxygens (including phenoxy) is 1. The van der Waals surface area contributed by atoms with Gasteiger partial charge in [-0.25, -0.2) is 5.01 Å². The Bertz CT molecular complexity index is 1090. The van der Waals surface area contributed by atoms with Crippen LogP contribution in [0.25, 0.3) is 10.8 Å². The minimum Gasteiger partial charge on any atom is -0.425 e. The van der Waals surface area contributed by atoms with E-state index in [1.54, 1.807) is 0 Å². The highest BCUT2D eigenvalue weighted by Crippen LogP contribution is 2.37. The molecule has 1 atom stereocenters. The first-order valence-corrected chi connectivity index (χ1v) is 9.17. The maximum absolute atomic E-state index is 12.2. The Balaban J connectivity index is 1.82. The van der Waals surface area contributed by atoms with E-state index in [1.165, 1.54) is 18.9 Å². The summed E-state index contributed by atoms with van der Waals surface area (Å²) < 4.78 is 5.58. The van der Waals surface area contributed by atoms with Crippen molar-refractivity contribution in [3.63, 3.8) is 0 Å². The molecule has 1 amide bonds. The smallest absolute Gasteiger partial charge is 0.308 e. The Labute approximate surface area is 163 Å². The second-order valence-electron chi connectivity index (χ2n) is 6.80. The molecule has 0 N–H and O–H groups in total. The zero-order valence-electron chi connectivity index (χ0n) is 15.8. The number of hydrazone groups is 1. The summed E-state index contributed by atoms with van der Waals surface area (Å²) in [6, 6.07) is 21.3. The van der Waals surface area contributed by atoms with Crippen LogP contribution in [-0.2, 0) is 9.59 Å². The van der Waals surface area contributed by atoms with Gasteiger partial charge < -0.3 is 4.74 Å². The third-order valence-electron chi connectivity index (χ3n) is 4.85. The molecule has 0 spiro atoms. The fraction of sp³-hybridized carbons (Fsp3) is 0.174. The van der Waals surface area contributed by atoms with Gasteiger partial charge in [0.15, 0.2) is 0 Å². The van der Waals surface area contributed by atoms with E-state index in [9.17, 15) is 9.59 Å². The average Bonchev–Trinajstić information content (AvgIpc) is 3.14. The molecule has 3 aromatic rings. The predicted molar refractivity (Wildman–Crippen MR) is 108 cm³/mol. The van der Waals surface area contributed by atoms with Crippen molar-refractivity contribution in [1.82, 2.24) is 5.01 Å². The van der Waals surface area contributed by atoms with Gasteiger partial charge in [0.25, 0.3) is 0 Å². The number of amides is 1. The van der Waals surface area contributed by atoms with Crippen LogP contribution in [0.5, 0.6) is 5.75 Å². The van der Waals surface area contributed by atoms with Gasteiger partial charge >= 0.3 is 5.97 Å². The third kappa shape index (κ3) is 3.27. The van der Waals surface area contributed by atoms with Crippen molar-refractivity contribution in [2.75, 3.05) is 0 Å². The van der Waals surface area contributed by atoms with E-state index in [0.29, 0.717) is 12.2 Å². The summed E-state index contributed by atoms with van der Waals surface area (Å²) in [5.41, 5.74) is 2.48. The van der Waals surface area contributed by atoms with Gasteiger partial charge in [-0.1, -0.05) is 60.7 Å². The zero-order valence-corrected chi connectivity index (χ0v) is 15.8. The van der Waals surface area contributed by atoms with E-state index in [0.717, 1.165) is 27.6 Å². The van der Waals surface area contributed by atoms with Crippen LogP contribution in [0.15, 0.2) is 71.8 Å². The number of hydrogen-bond donors (Lipinski definition) is 0. The Kier molecular flexibility index (Phi) is 4.65. The second-order valence-corrected chi connectivity index (χ2v) is 6.80. The quantitative estimate of drug-likeness (QED) is 0.504. The van der Waals surface area contributed by atoms with Crippen molar-refractivity contribution in [3.05, 3.63) is 77.9 Å². The number of fused-ring (bicyclic) bond motifs is 1. The second kappa shape index (κ2) is 7.27. The molecule has 0 radical (unpaired) electrons. The van der Waals surface area contributed by atoms with Gasteiger partial charge in [0.05, 0.1) is 11.8 Å².